The first-order chi connectivity index (χ1) is 8.76. The molecular formula is C14H18N2O2. The van der Waals surface area contributed by atoms with Crippen molar-refractivity contribution in [2.24, 2.45) is 5.73 Å². The van der Waals surface area contributed by atoms with Crippen molar-refractivity contribution < 1.29 is 9.52 Å². The topological polar surface area (TPSA) is 72.3 Å². The lowest BCUT2D eigenvalue weighted by Crippen LogP contribution is -2.19. The average Bonchev–Trinajstić information content (AvgIpc) is 2.89. The molecule has 4 nitrogen and oxygen atoms in total. The minimum Gasteiger partial charge on any atom is -0.463 e. The van der Waals surface area contributed by atoms with Gasteiger partial charge in [-0.05, 0) is 29.8 Å². The van der Waals surface area contributed by atoms with E-state index in [2.05, 4.69) is 4.98 Å². The summed E-state index contributed by atoms with van der Waals surface area (Å²) in [5, 5.41) is 10.3. The number of hydrogen-bond donors (Lipinski definition) is 2. The van der Waals surface area contributed by atoms with E-state index in [9.17, 15) is 5.11 Å². The minimum atomic E-state index is -0.724. The summed E-state index contributed by atoms with van der Waals surface area (Å²) in [6.45, 7) is 2.37. The van der Waals surface area contributed by atoms with Crippen LogP contribution in [-0.2, 0) is 6.42 Å². The molecule has 0 aromatic carbocycles. The van der Waals surface area contributed by atoms with Crippen LogP contribution >= 0.6 is 0 Å². The molecule has 2 unspecified atom stereocenters. The molecule has 0 saturated carbocycles. The van der Waals surface area contributed by atoms with Gasteiger partial charge in [0.25, 0.3) is 0 Å². The Kier molecular flexibility index (Phi) is 4.12. The zero-order valence-electron chi connectivity index (χ0n) is 10.4. The molecule has 18 heavy (non-hydrogen) atoms. The zero-order valence-corrected chi connectivity index (χ0v) is 10.4. The molecule has 0 aliphatic heterocycles. The van der Waals surface area contributed by atoms with E-state index in [1.165, 1.54) is 0 Å². The molecule has 0 spiro atoms. The summed E-state index contributed by atoms with van der Waals surface area (Å²) in [5.74, 6) is 1.26. The standard InChI is InChI=1S/C14H18N2O2/c1-2-11-3-4-13(18-11)14(17)12(9-15)10-5-7-16-8-6-10/h3-8,12,14,17H,2,9,15H2,1H3. The third-order valence-corrected chi connectivity index (χ3v) is 3.09. The third-order valence-electron chi connectivity index (χ3n) is 3.09. The van der Waals surface area contributed by atoms with Crippen LogP contribution < -0.4 is 5.73 Å². The van der Waals surface area contributed by atoms with Gasteiger partial charge in [0.2, 0.25) is 0 Å². The average molecular weight is 246 g/mol. The van der Waals surface area contributed by atoms with Crippen molar-refractivity contribution in [2.75, 3.05) is 6.54 Å². The van der Waals surface area contributed by atoms with Gasteiger partial charge in [-0.15, -0.1) is 0 Å². The van der Waals surface area contributed by atoms with Gasteiger partial charge in [-0.3, -0.25) is 4.98 Å². The van der Waals surface area contributed by atoms with Crippen molar-refractivity contribution in [3.8, 4) is 0 Å². The highest BCUT2D eigenvalue weighted by Crippen LogP contribution is 2.30. The lowest BCUT2D eigenvalue weighted by molar-refractivity contribution is 0.120. The Hall–Kier alpha value is -1.65. The number of hydrogen-bond acceptors (Lipinski definition) is 4. The van der Waals surface area contributed by atoms with Crippen molar-refractivity contribution in [1.82, 2.24) is 4.98 Å². The summed E-state index contributed by atoms with van der Waals surface area (Å²) in [6, 6.07) is 7.43. The van der Waals surface area contributed by atoms with Crippen LogP contribution in [0.25, 0.3) is 0 Å². The first-order valence-corrected chi connectivity index (χ1v) is 6.13. The lowest BCUT2D eigenvalue weighted by Gasteiger charge is -2.20. The molecule has 2 atom stereocenters. The van der Waals surface area contributed by atoms with Gasteiger partial charge in [-0.1, -0.05) is 6.92 Å². The fraction of sp³-hybridized carbons (Fsp3) is 0.357. The van der Waals surface area contributed by atoms with Crippen molar-refractivity contribution in [3.63, 3.8) is 0 Å². The van der Waals surface area contributed by atoms with Gasteiger partial charge >= 0.3 is 0 Å². The largest absolute Gasteiger partial charge is 0.463 e. The van der Waals surface area contributed by atoms with Gasteiger partial charge in [0.05, 0.1) is 0 Å². The Morgan fingerprint density at radius 1 is 1.28 bits per heavy atom. The maximum Gasteiger partial charge on any atom is 0.133 e. The van der Waals surface area contributed by atoms with E-state index in [1.807, 2.05) is 31.2 Å². The van der Waals surface area contributed by atoms with E-state index in [-0.39, 0.29) is 5.92 Å². The maximum absolute atomic E-state index is 10.3. The van der Waals surface area contributed by atoms with Crippen LogP contribution in [0.2, 0.25) is 0 Å². The number of nitrogens with zero attached hydrogens (tertiary/aromatic N) is 1. The van der Waals surface area contributed by atoms with Gasteiger partial charge < -0.3 is 15.3 Å². The molecular weight excluding hydrogens is 228 g/mol. The molecule has 2 rings (SSSR count). The smallest absolute Gasteiger partial charge is 0.133 e. The van der Waals surface area contributed by atoms with Crippen LogP contribution in [0.4, 0.5) is 0 Å². The molecule has 4 heteroatoms. The summed E-state index contributed by atoms with van der Waals surface area (Å²) in [7, 11) is 0. The maximum atomic E-state index is 10.3. The summed E-state index contributed by atoms with van der Waals surface area (Å²) in [4.78, 5) is 3.97. The van der Waals surface area contributed by atoms with Crippen LogP contribution in [0.1, 0.15) is 36.0 Å². The Morgan fingerprint density at radius 3 is 2.56 bits per heavy atom. The highest BCUT2D eigenvalue weighted by molar-refractivity contribution is 5.21. The van der Waals surface area contributed by atoms with Crippen LogP contribution in [0, 0.1) is 0 Å². The molecule has 2 heterocycles. The summed E-state index contributed by atoms with van der Waals surface area (Å²) < 4.78 is 5.58. The second-order valence-corrected chi connectivity index (χ2v) is 4.23. The first kappa shape index (κ1) is 12.8. The number of furan rings is 1. The van der Waals surface area contributed by atoms with Crippen molar-refractivity contribution in [3.05, 3.63) is 53.7 Å². The molecule has 0 fully saturated rings. The highest BCUT2D eigenvalue weighted by Gasteiger charge is 2.24. The minimum absolute atomic E-state index is 0.177. The molecule has 0 aliphatic carbocycles. The number of aliphatic hydroxyl groups is 1. The Morgan fingerprint density at radius 2 is 2.00 bits per heavy atom. The first-order valence-electron chi connectivity index (χ1n) is 6.13. The molecule has 0 aliphatic rings. The van der Waals surface area contributed by atoms with Gasteiger partial charge in [0.15, 0.2) is 0 Å². The summed E-state index contributed by atoms with van der Waals surface area (Å²) in [6.07, 6.45) is 3.49. The second kappa shape index (κ2) is 5.80. The van der Waals surface area contributed by atoms with E-state index in [1.54, 1.807) is 12.4 Å². The van der Waals surface area contributed by atoms with E-state index in [4.69, 9.17) is 10.2 Å². The Bertz CT molecular complexity index is 482. The van der Waals surface area contributed by atoms with E-state index >= 15 is 0 Å². The summed E-state index contributed by atoms with van der Waals surface area (Å²) >= 11 is 0. The van der Waals surface area contributed by atoms with Gasteiger partial charge in [-0.2, -0.15) is 0 Å². The van der Waals surface area contributed by atoms with Gasteiger partial charge in [0.1, 0.15) is 17.6 Å². The summed E-state index contributed by atoms with van der Waals surface area (Å²) in [5.41, 5.74) is 6.73. The predicted octanol–water partition coefficient (Wildman–Crippen LogP) is 2.01. The van der Waals surface area contributed by atoms with Gasteiger partial charge in [-0.25, -0.2) is 0 Å². The monoisotopic (exact) mass is 246 g/mol. The van der Waals surface area contributed by atoms with Crippen LogP contribution in [-0.4, -0.2) is 16.6 Å². The molecule has 0 amide bonds. The molecule has 0 saturated heterocycles. The van der Waals surface area contributed by atoms with Crippen molar-refractivity contribution in [1.29, 1.82) is 0 Å². The van der Waals surface area contributed by atoms with Crippen LogP contribution in [0.5, 0.6) is 0 Å². The Balaban J connectivity index is 2.22. The quantitative estimate of drug-likeness (QED) is 0.846. The van der Waals surface area contributed by atoms with Crippen LogP contribution in [0.15, 0.2) is 41.1 Å². The third kappa shape index (κ3) is 2.60. The van der Waals surface area contributed by atoms with Crippen molar-refractivity contribution >= 4 is 0 Å². The number of rotatable bonds is 5. The van der Waals surface area contributed by atoms with E-state index < -0.39 is 6.10 Å². The number of aryl methyl sites for hydroxylation is 1. The highest BCUT2D eigenvalue weighted by atomic mass is 16.4. The predicted molar refractivity (Wildman–Crippen MR) is 69.1 cm³/mol. The number of aliphatic hydroxyl groups excluding tert-OH is 1. The molecule has 2 aromatic rings. The molecule has 3 N–H and O–H groups in total. The lowest BCUT2D eigenvalue weighted by atomic mass is 9.93. The number of pyridine rings is 1. The Labute approximate surface area is 106 Å². The normalized spacial score (nSPS) is 14.4. The molecule has 96 valence electrons. The number of aromatic nitrogens is 1. The molecule has 2 aromatic heterocycles. The molecule has 0 bridgehead atoms. The fourth-order valence-corrected chi connectivity index (χ4v) is 2.00. The van der Waals surface area contributed by atoms with E-state index in [0.29, 0.717) is 12.3 Å². The fourth-order valence-electron chi connectivity index (χ4n) is 2.00. The zero-order chi connectivity index (χ0) is 13.0. The van der Waals surface area contributed by atoms with Crippen molar-refractivity contribution in [2.45, 2.75) is 25.4 Å². The van der Waals surface area contributed by atoms with E-state index in [0.717, 1.165) is 17.7 Å². The van der Waals surface area contributed by atoms with Gasteiger partial charge in [0, 0.05) is 31.3 Å². The second-order valence-electron chi connectivity index (χ2n) is 4.23. The number of nitrogens with two attached hydrogens (primary N) is 1. The van der Waals surface area contributed by atoms with Crippen LogP contribution in [0.3, 0.4) is 0 Å². The SMILES string of the molecule is CCc1ccc(C(O)C(CN)c2ccncc2)o1. The molecule has 0 radical (unpaired) electrons.